The van der Waals surface area contributed by atoms with Crippen LogP contribution >= 0.6 is 0 Å². The molecule has 4 heteroatoms. The van der Waals surface area contributed by atoms with E-state index in [0.29, 0.717) is 35.5 Å². The van der Waals surface area contributed by atoms with Gasteiger partial charge < -0.3 is 19.7 Å². The number of hydrogen-bond donors (Lipinski definition) is 2. The van der Waals surface area contributed by atoms with E-state index in [1.807, 2.05) is 121 Å². The zero-order valence-electron chi connectivity index (χ0n) is 22.1. The lowest BCUT2D eigenvalue weighted by Crippen LogP contribution is -1.99. The summed E-state index contributed by atoms with van der Waals surface area (Å²) in [5, 5.41) is 27.1. The summed E-state index contributed by atoms with van der Waals surface area (Å²) in [5.74, 6) is 0.212. The molecule has 0 atom stereocenters. The zero-order valence-corrected chi connectivity index (χ0v) is 22.1. The second-order valence-electron chi connectivity index (χ2n) is 9.92. The van der Waals surface area contributed by atoms with Gasteiger partial charge in [-0.25, -0.2) is 0 Å². The van der Waals surface area contributed by atoms with Gasteiger partial charge >= 0.3 is 0 Å². The molecule has 40 heavy (non-hydrogen) atoms. The van der Waals surface area contributed by atoms with E-state index in [1.54, 1.807) is 0 Å². The first-order valence-electron chi connectivity index (χ1n) is 13.4. The molecule has 0 saturated carbocycles. The molecule has 0 bridgehead atoms. The Morgan fingerprint density at radius 1 is 0.425 bits per heavy atom. The summed E-state index contributed by atoms with van der Waals surface area (Å²) >= 11 is 0. The molecule has 0 aliphatic rings. The van der Waals surface area contributed by atoms with Crippen molar-refractivity contribution in [2.75, 3.05) is 0 Å². The van der Waals surface area contributed by atoms with Crippen LogP contribution in [0.2, 0.25) is 0 Å². The maximum absolute atomic E-state index is 11.7. The number of aromatic hydroxyl groups is 2. The van der Waals surface area contributed by atoms with Crippen LogP contribution in [0.4, 0.5) is 0 Å². The summed E-state index contributed by atoms with van der Waals surface area (Å²) in [6.45, 7) is 1.34. The van der Waals surface area contributed by atoms with Crippen molar-refractivity contribution in [2.45, 2.75) is 26.4 Å². The smallest absolute Gasteiger partial charge is 0.129 e. The Bertz CT molecular complexity index is 1630. The summed E-state index contributed by atoms with van der Waals surface area (Å²) in [5.41, 5.74) is 4.65. The number of fused-ring (bicyclic) bond motifs is 2. The molecule has 0 spiro atoms. The maximum Gasteiger partial charge on any atom is 0.129 e. The molecule has 0 fully saturated rings. The van der Waals surface area contributed by atoms with Gasteiger partial charge in [0, 0.05) is 22.3 Å². The SMILES string of the molecule is Oc1c(COCc2ccccc2)cc2ccccc2c1-c1c(O)c(COCc2ccccc2)cc2ccccc12. The fraction of sp³-hybridized carbons (Fsp3) is 0.111. The van der Waals surface area contributed by atoms with Gasteiger partial charge in [0.05, 0.1) is 26.4 Å². The molecule has 6 aromatic carbocycles. The molecule has 6 rings (SSSR count). The van der Waals surface area contributed by atoms with Crippen LogP contribution in [0.1, 0.15) is 22.3 Å². The second kappa shape index (κ2) is 11.6. The third kappa shape index (κ3) is 5.28. The van der Waals surface area contributed by atoms with Crippen LogP contribution in [-0.4, -0.2) is 10.2 Å². The van der Waals surface area contributed by atoms with E-state index in [-0.39, 0.29) is 24.7 Å². The van der Waals surface area contributed by atoms with Crippen molar-refractivity contribution >= 4 is 21.5 Å². The minimum absolute atomic E-state index is 0.106. The summed E-state index contributed by atoms with van der Waals surface area (Å²) < 4.78 is 12.0. The first kappa shape index (κ1) is 25.6. The van der Waals surface area contributed by atoms with Gasteiger partial charge in [-0.3, -0.25) is 0 Å². The number of ether oxygens (including phenoxy) is 2. The van der Waals surface area contributed by atoms with Gasteiger partial charge in [0.2, 0.25) is 0 Å². The maximum atomic E-state index is 11.7. The van der Waals surface area contributed by atoms with Crippen molar-refractivity contribution in [3.8, 4) is 22.6 Å². The lowest BCUT2D eigenvalue weighted by molar-refractivity contribution is 0.105. The van der Waals surface area contributed by atoms with E-state index in [1.165, 1.54) is 0 Å². The third-order valence-electron chi connectivity index (χ3n) is 7.19. The van der Waals surface area contributed by atoms with Gasteiger partial charge in [0.15, 0.2) is 0 Å². The van der Waals surface area contributed by atoms with E-state index >= 15 is 0 Å². The molecular formula is C36H30O4. The largest absolute Gasteiger partial charge is 0.507 e. The van der Waals surface area contributed by atoms with Crippen molar-refractivity contribution in [1.29, 1.82) is 0 Å². The molecular weight excluding hydrogens is 496 g/mol. The van der Waals surface area contributed by atoms with Crippen LogP contribution in [0.15, 0.2) is 121 Å². The quantitative estimate of drug-likeness (QED) is 0.198. The molecule has 0 amide bonds. The Labute approximate surface area is 233 Å². The highest BCUT2D eigenvalue weighted by Gasteiger charge is 2.22. The molecule has 0 aromatic heterocycles. The number of phenols is 2. The van der Waals surface area contributed by atoms with E-state index < -0.39 is 0 Å². The normalized spacial score (nSPS) is 11.3. The molecule has 0 saturated heterocycles. The highest BCUT2D eigenvalue weighted by atomic mass is 16.5. The molecule has 0 heterocycles. The fourth-order valence-electron chi connectivity index (χ4n) is 5.22. The predicted molar refractivity (Wildman–Crippen MR) is 160 cm³/mol. The Morgan fingerprint density at radius 2 is 0.800 bits per heavy atom. The highest BCUT2D eigenvalue weighted by Crippen LogP contribution is 2.47. The average Bonchev–Trinajstić information content (AvgIpc) is 2.99. The number of rotatable bonds is 9. The second-order valence-corrected chi connectivity index (χ2v) is 9.92. The minimum Gasteiger partial charge on any atom is -0.507 e. The van der Waals surface area contributed by atoms with E-state index in [9.17, 15) is 10.2 Å². The van der Waals surface area contributed by atoms with Crippen LogP contribution < -0.4 is 0 Å². The highest BCUT2D eigenvalue weighted by molar-refractivity contribution is 6.10. The molecule has 198 valence electrons. The van der Waals surface area contributed by atoms with E-state index in [2.05, 4.69) is 0 Å². The van der Waals surface area contributed by atoms with Crippen molar-refractivity contribution < 1.29 is 19.7 Å². The first-order valence-corrected chi connectivity index (χ1v) is 13.4. The van der Waals surface area contributed by atoms with Gasteiger partial charge in [-0.05, 0) is 44.8 Å². The van der Waals surface area contributed by atoms with E-state index in [4.69, 9.17) is 9.47 Å². The Kier molecular flexibility index (Phi) is 7.45. The molecule has 4 nitrogen and oxygen atoms in total. The molecule has 0 unspecified atom stereocenters. The predicted octanol–water partition coefficient (Wildman–Crippen LogP) is 8.50. The van der Waals surface area contributed by atoms with Crippen LogP contribution in [0.25, 0.3) is 32.7 Å². The Balaban J connectivity index is 1.42. The monoisotopic (exact) mass is 526 g/mol. The molecule has 2 N–H and O–H groups in total. The number of hydrogen-bond acceptors (Lipinski definition) is 4. The van der Waals surface area contributed by atoms with Crippen LogP contribution in [0.5, 0.6) is 11.5 Å². The number of benzene rings is 6. The Hall–Kier alpha value is -4.64. The minimum atomic E-state index is 0.106. The molecule has 0 aliphatic heterocycles. The van der Waals surface area contributed by atoms with Crippen molar-refractivity contribution in [3.05, 3.63) is 144 Å². The molecule has 0 aliphatic carbocycles. The van der Waals surface area contributed by atoms with Gasteiger partial charge in [0.1, 0.15) is 11.5 Å². The zero-order chi connectivity index (χ0) is 27.3. The topological polar surface area (TPSA) is 58.9 Å². The standard InChI is InChI=1S/C36H30O4/c37-35-29(23-39-21-25-11-3-1-4-12-25)19-27-15-7-9-17-31(27)33(35)34-32-18-10-8-16-28(32)20-30(36(34)38)24-40-22-26-13-5-2-6-14-26/h1-20,37-38H,21-24H2. The number of phenolic OH excluding ortho intramolecular Hbond substituents is 2. The third-order valence-corrected chi connectivity index (χ3v) is 7.19. The summed E-state index contributed by atoms with van der Waals surface area (Å²) in [6, 6.07) is 39.7. The molecule has 6 aromatic rings. The van der Waals surface area contributed by atoms with Crippen molar-refractivity contribution in [2.24, 2.45) is 0 Å². The van der Waals surface area contributed by atoms with E-state index in [0.717, 1.165) is 32.7 Å². The van der Waals surface area contributed by atoms with Crippen LogP contribution in [0, 0.1) is 0 Å². The van der Waals surface area contributed by atoms with Crippen LogP contribution in [0.3, 0.4) is 0 Å². The summed E-state index contributed by atoms with van der Waals surface area (Å²) in [6.07, 6.45) is 0. The lowest BCUT2D eigenvalue weighted by Gasteiger charge is -2.19. The molecule has 0 radical (unpaired) electrons. The van der Waals surface area contributed by atoms with Gasteiger partial charge in [0.25, 0.3) is 0 Å². The summed E-state index contributed by atoms with van der Waals surface area (Å²) in [7, 11) is 0. The fourth-order valence-corrected chi connectivity index (χ4v) is 5.22. The van der Waals surface area contributed by atoms with Gasteiger partial charge in [-0.2, -0.15) is 0 Å². The average molecular weight is 527 g/mol. The van der Waals surface area contributed by atoms with Gasteiger partial charge in [-0.15, -0.1) is 0 Å². The summed E-state index contributed by atoms with van der Waals surface area (Å²) in [4.78, 5) is 0. The first-order chi connectivity index (χ1) is 19.7. The van der Waals surface area contributed by atoms with Gasteiger partial charge in [-0.1, -0.05) is 109 Å². The van der Waals surface area contributed by atoms with Crippen molar-refractivity contribution in [3.63, 3.8) is 0 Å². The Morgan fingerprint density at radius 3 is 1.23 bits per heavy atom. The van der Waals surface area contributed by atoms with Crippen molar-refractivity contribution in [1.82, 2.24) is 0 Å². The lowest BCUT2D eigenvalue weighted by atomic mass is 9.89. The van der Waals surface area contributed by atoms with Crippen LogP contribution in [-0.2, 0) is 35.9 Å².